The minimum Gasteiger partial charge on any atom is -0.497 e. The van der Waals surface area contributed by atoms with E-state index in [1.165, 1.54) is 0 Å². The Morgan fingerprint density at radius 3 is 2.86 bits per heavy atom. The molecule has 4 nitrogen and oxygen atoms in total. The van der Waals surface area contributed by atoms with E-state index in [2.05, 4.69) is 24.1 Å². The molecule has 0 bridgehead atoms. The number of nitrogens with zero attached hydrogens (tertiary/aromatic N) is 1. The van der Waals surface area contributed by atoms with Crippen molar-refractivity contribution in [3.63, 3.8) is 0 Å². The van der Waals surface area contributed by atoms with Gasteiger partial charge in [0.05, 0.1) is 7.11 Å². The summed E-state index contributed by atoms with van der Waals surface area (Å²) in [6.07, 6.45) is 1.79. The highest BCUT2D eigenvalue weighted by molar-refractivity contribution is 7.09. The van der Waals surface area contributed by atoms with E-state index in [1.807, 2.05) is 23.6 Å². The molecule has 2 rings (SSSR count). The van der Waals surface area contributed by atoms with Gasteiger partial charge >= 0.3 is 0 Å². The van der Waals surface area contributed by atoms with Gasteiger partial charge in [-0.25, -0.2) is 4.98 Å². The molecule has 1 heterocycles. The van der Waals surface area contributed by atoms with Gasteiger partial charge in [0, 0.05) is 29.8 Å². The lowest BCUT2D eigenvalue weighted by molar-refractivity contribution is 0.298. The van der Waals surface area contributed by atoms with Gasteiger partial charge in [-0.1, -0.05) is 19.9 Å². The first-order chi connectivity index (χ1) is 10.2. The molecule has 1 aromatic carbocycles. The third-order valence-corrected chi connectivity index (χ3v) is 3.73. The highest BCUT2D eigenvalue weighted by Crippen LogP contribution is 2.26. The number of rotatable bonds is 8. The van der Waals surface area contributed by atoms with Crippen LogP contribution in [0, 0.1) is 5.92 Å². The molecule has 0 amide bonds. The van der Waals surface area contributed by atoms with Crippen LogP contribution in [0.15, 0.2) is 29.8 Å². The topological polar surface area (TPSA) is 43.4 Å². The summed E-state index contributed by atoms with van der Waals surface area (Å²) < 4.78 is 11.2. The zero-order valence-electron chi connectivity index (χ0n) is 12.8. The van der Waals surface area contributed by atoms with E-state index in [0.717, 1.165) is 35.2 Å². The molecule has 21 heavy (non-hydrogen) atoms. The van der Waals surface area contributed by atoms with E-state index in [9.17, 15) is 0 Å². The SMILES string of the molecule is COc1ccc(CNCC(C)C)c(OCc2nccs2)c1. The van der Waals surface area contributed by atoms with E-state index in [0.29, 0.717) is 12.5 Å². The first-order valence-corrected chi connectivity index (χ1v) is 7.95. The number of thiazole rings is 1. The van der Waals surface area contributed by atoms with Crippen LogP contribution in [-0.4, -0.2) is 18.6 Å². The largest absolute Gasteiger partial charge is 0.497 e. The maximum absolute atomic E-state index is 5.91. The molecule has 0 radical (unpaired) electrons. The monoisotopic (exact) mass is 306 g/mol. The van der Waals surface area contributed by atoms with Crippen molar-refractivity contribution in [1.29, 1.82) is 0 Å². The first-order valence-electron chi connectivity index (χ1n) is 7.08. The summed E-state index contributed by atoms with van der Waals surface area (Å²) >= 11 is 1.60. The number of nitrogens with one attached hydrogen (secondary N) is 1. The Morgan fingerprint density at radius 2 is 2.19 bits per heavy atom. The molecule has 2 aromatic rings. The minimum atomic E-state index is 0.488. The summed E-state index contributed by atoms with van der Waals surface area (Å²) in [7, 11) is 1.66. The Morgan fingerprint density at radius 1 is 1.33 bits per heavy atom. The zero-order chi connectivity index (χ0) is 15.1. The fourth-order valence-corrected chi connectivity index (χ4v) is 2.43. The predicted molar refractivity (Wildman–Crippen MR) is 86.0 cm³/mol. The lowest BCUT2D eigenvalue weighted by Gasteiger charge is -2.14. The van der Waals surface area contributed by atoms with Gasteiger partial charge in [-0.3, -0.25) is 0 Å². The number of hydrogen-bond acceptors (Lipinski definition) is 5. The second kappa shape index (κ2) is 8.00. The number of benzene rings is 1. The Hall–Kier alpha value is -1.59. The van der Waals surface area contributed by atoms with Crippen molar-refractivity contribution in [1.82, 2.24) is 10.3 Å². The maximum Gasteiger partial charge on any atom is 0.140 e. The average Bonchev–Trinajstić information content (AvgIpc) is 2.99. The van der Waals surface area contributed by atoms with Crippen molar-refractivity contribution < 1.29 is 9.47 Å². The quantitative estimate of drug-likeness (QED) is 0.811. The zero-order valence-corrected chi connectivity index (χ0v) is 13.6. The van der Waals surface area contributed by atoms with Crippen molar-refractivity contribution in [2.45, 2.75) is 27.0 Å². The van der Waals surface area contributed by atoms with Crippen LogP contribution in [0.4, 0.5) is 0 Å². The molecule has 114 valence electrons. The van der Waals surface area contributed by atoms with Crippen LogP contribution in [0.3, 0.4) is 0 Å². The molecule has 1 aromatic heterocycles. The van der Waals surface area contributed by atoms with E-state index in [1.54, 1.807) is 24.6 Å². The molecule has 0 saturated heterocycles. The number of ether oxygens (including phenoxy) is 2. The maximum atomic E-state index is 5.91. The third kappa shape index (κ3) is 5.02. The fourth-order valence-electron chi connectivity index (χ4n) is 1.90. The van der Waals surface area contributed by atoms with Crippen LogP contribution < -0.4 is 14.8 Å². The summed E-state index contributed by atoms with van der Waals surface area (Å²) in [5, 5.41) is 6.36. The lowest BCUT2D eigenvalue weighted by atomic mass is 10.1. The Kier molecular flexibility index (Phi) is 6.02. The molecule has 0 saturated carbocycles. The smallest absolute Gasteiger partial charge is 0.140 e. The van der Waals surface area contributed by atoms with Gasteiger partial charge in [0.25, 0.3) is 0 Å². The van der Waals surface area contributed by atoms with Crippen LogP contribution in [0.25, 0.3) is 0 Å². The molecule has 0 aliphatic rings. The van der Waals surface area contributed by atoms with Crippen molar-refractivity contribution >= 4 is 11.3 Å². The molecular weight excluding hydrogens is 284 g/mol. The van der Waals surface area contributed by atoms with E-state index >= 15 is 0 Å². The molecule has 5 heteroatoms. The van der Waals surface area contributed by atoms with Gasteiger partial charge in [0.1, 0.15) is 23.1 Å². The van der Waals surface area contributed by atoms with E-state index < -0.39 is 0 Å². The van der Waals surface area contributed by atoms with Crippen LogP contribution in [0.5, 0.6) is 11.5 Å². The number of aromatic nitrogens is 1. The Bertz CT molecular complexity index is 541. The van der Waals surface area contributed by atoms with Crippen LogP contribution in [-0.2, 0) is 13.2 Å². The fraction of sp³-hybridized carbons (Fsp3) is 0.438. The molecule has 0 spiro atoms. The molecular formula is C16H22N2O2S. The summed E-state index contributed by atoms with van der Waals surface area (Å²) in [4.78, 5) is 4.24. The Balaban J connectivity index is 2.03. The van der Waals surface area contributed by atoms with Gasteiger partial charge in [0.15, 0.2) is 0 Å². The van der Waals surface area contributed by atoms with Gasteiger partial charge in [0.2, 0.25) is 0 Å². The molecule has 0 aliphatic carbocycles. The lowest BCUT2D eigenvalue weighted by Crippen LogP contribution is -2.19. The van der Waals surface area contributed by atoms with Crippen molar-refractivity contribution in [2.75, 3.05) is 13.7 Å². The van der Waals surface area contributed by atoms with Gasteiger partial charge in [-0.15, -0.1) is 11.3 Å². The molecule has 1 N–H and O–H groups in total. The van der Waals surface area contributed by atoms with E-state index in [-0.39, 0.29) is 0 Å². The summed E-state index contributed by atoms with van der Waals surface area (Å²) in [5.74, 6) is 2.28. The number of hydrogen-bond donors (Lipinski definition) is 1. The van der Waals surface area contributed by atoms with Crippen LogP contribution >= 0.6 is 11.3 Å². The second-order valence-corrected chi connectivity index (χ2v) is 6.19. The average molecular weight is 306 g/mol. The Labute approximate surface area is 130 Å². The second-order valence-electron chi connectivity index (χ2n) is 5.21. The van der Waals surface area contributed by atoms with Crippen molar-refractivity contribution in [2.24, 2.45) is 5.92 Å². The molecule has 0 unspecified atom stereocenters. The summed E-state index contributed by atoms with van der Waals surface area (Å²) in [5.41, 5.74) is 1.13. The minimum absolute atomic E-state index is 0.488. The highest BCUT2D eigenvalue weighted by atomic mass is 32.1. The molecule has 0 aliphatic heterocycles. The molecule has 0 atom stereocenters. The van der Waals surface area contributed by atoms with Gasteiger partial charge in [-0.05, 0) is 18.5 Å². The molecule has 0 fully saturated rings. The van der Waals surface area contributed by atoms with Gasteiger partial charge in [-0.2, -0.15) is 0 Å². The standard InChI is InChI=1S/C16H22N2O2S/c1-12(2)9-17-10-13-4-5-14(19-3)8-15(13)20-11-16-18-6-7-21-16/h4-8,12,17H,9-11H2,1-3H3. The normalized spacial score (nSPS) is 10.9. The summed E-state index contributed by atoms with van der Waals surface area (Å²) in [6, 6.07) is 5.94. The number of methoxy groups -OCH3 is 1. The third-order valence-electron chi connectivity index (χ3n) is 2.98. The first kappa shape index (κ1) is 15.8. The van der Waals surface area contributed by atoms with E-state index in [4.69, 9.17) is 9.47 Å². The van der Waals surface area contributed by atoms with Crippen LogP contribution in [0.2, 0.25) is 0 Å². The van der Waals surface area contributed by atoms with Crippen molar-refractivity contribution in [3.05, 3.63) is 40.3 Å². The van der Waals surface area contributed by atoms with Gasteiger partial charge < -0.3 is 14.8 Å². The van der Waals surface area contributed by atoms with Crippen molar-refractivity contribution in [3.8, 4) is 11.5 Å². The highest BCUT2D eigenvalue weighted by Gasteiger charge is 2.07. The van der Waals surface area contributed by atoms with Crippen LogP contribution in [0.1, 0.15) is 24.4 Å². The predicted octanol–water partition coefficient (Wildman–Crippen LogP) is 3.48. The summed E-state index contributed by atoms with van der Waals surface area (Å²) in [6.45, 7) is 6.65.